The third kappa shape index (κ3) is 6.09. The van der Waals surface area contributed by atoms with E-state index in [-0.39, 0.29) is 53.0 Å². The van der Waals surface area contributed by atoms with Crippen LogP contribution in [0.25, 0.3) is 0 Å². The first-order chi connectivity index (χ1) is 19.5. The number of rotatable bonds is 7. The number of ether oxygens (including phenoxy) is 2. The van der Waals surface area contributed by atoms with Gasteiger partial charge in [-0.05, 0) is 49.7 Å². The molecule has 1 aliphatic heterocycles. The lowest BCUT2D eigenvalue weighted by atomic mass is 10.0. The van der Waals surface area contributed by atoms with Gasteiger partial charge >= 0.3 is 6.18 Å². The van der Waals surface area contributed by atoms with Gasteiger partial charge in [-0.1, -0.05) is 12.1 Å². The zero-order valence-corrected chi connectivity index (χ0v) is 22.2. The van der Waals surface area contributed by atoms with E-state index in [0.29, 0.717) is 31.1 Å². The van der Waals surface area contributed by atoms with Crippen molar-refractivity contribution in [3.8, 4) is 17.4 Å². The highest BCUT2D eigenvalue weighted by molar-refractivity contribution is 6.03. The highest BCUT2D eigenvalue weighted by atomic mass is 19.4. The molecule has 1 fully saturated rings. The van der Waals surface area contributed by atoms with E-state index in [1.54, 1.807) is 12.1 Å². The van der Waals surface area contributed by atoms with Crippen molar-refractivity contribution >= 4 is 23.3 Å². The molecule has 1 amide bonds. The highest BCUT2D eigenvalue weighted by Crippen LogP contribution is 2.40. The SMILES string of the molecule is COc1cc(C(=O)N[C@H]2CCN(C)C[C@H]2F)ccc1Nc1ncc(C(F)(F)F)c(Oc2cccc3c2C(=O)CC3)n1. The van der Waals surface area contributed by atoms with Crippen LogP contribution in [-0.2, 0) is 12.6 Å². The van der Waals surface area contributed by atoms with Crippen LogP contribution < -0.4 is 20.1 Å². The van der Waals surface area contributed by atoms with E-state index in [1.165, 1.54) is 31.4 Å². The van der Waals surface area contributed by atoms with Gasteiger partial charge in [0.05, 0.1) is 24.4 Å². The van der Waals surface area contributed by atoms with Gasteiger partial charge in [-0.25, -0.2) is 9.37 Å². The van der Waals surface area contributed by atoms with E-state index in [9.17, 15) is 27.2 Å². The maximum Gasteiger partial charge on any atom is 0.423 e. The lowest BCUT2D eigenvalue weighted by Crippen LogP contribution is -2.51. The summed E-state index contributed by atoms with van der Waals surface area (Å²) in [6.45, 7) is 0.873. The van der Waals surface area contributed by atoms with Gasteiger partial charge in [0.2, 0.25) is 11.8 Å². The maximum atomic E-state index is 14.4. The van der Waals surface area contributed by atoms with Crippen molar-refractivity contribution in [3.63, 3.8) is 0 Å². The number of carbonyl (C=O) groups is 2. The topological polar surface area (TPSA) is 106 Å². The quantitative estimate of drug-likeness (QED) is 0.383. The number of methoxy groups -OCH3 is 1. The first kappa shape index (κ1) is 28.3. The van der Waals surface area contributed by atoms with Gasteiger partial charge in [-0.2, -0.15) is 18.2 Å². The van der Waals surface area contributed by atoms with E-state index >= 15 is 0 Å². The number of hydrogen-bond donors (Lipinski definition) is 2. The number of fused-ring (bicyclic) bond motifs is 1. The minimum Gasteiger partial charge on any atom is -0.495 e. The van der Waals surface area contributed by atoms with Crippen LogP contribution in [-0.4, -0.2) is 66.0 Å². The van der Waals surface area contributed by atoms with Crippen molar-refractivity contribution in [1.29, 1.82) is 0 Å². The minimum atomic E-state index is -4.82. The van der Waals surface area contributed by atoms with Gasteiger partial charge in [0.1, 0.15) is 23.2 Å². The molecule has 0 bridgehead atoms. The van der Waals surface area contributed by atoms with Crippen LogP contribution in [0.2, 0.25) is 0 Å². The molecule has 5 rings (SSSR count). The van der Waals surface area contributed by atoms with Gasteiger partial charge in [0.15, 0.2) is 5.78 Å². The number of carbonyl (C=O) groups excluding carboxylic acids is 2. The number of ketones is 1. The number of aryl methyl sites for hydroxylation is 1. The van der Waals surface area contributed by atoms with Crippen molar-refractivity contribution in [2.75, 3.05) is 32.6 Å². The fraction of sp³-hybridized carbons (Fsp3) is 0.357. The fourth-order valence-electron chi connectivity index (χ4n) is 4.89. The van der Waals surface area contributed by atoms with Crippen molar-refractivity contribution < 1.29 is 36.6 Å². The summed E-state index contributed by atoms with van der Waals surface area (Å²) >= 11 is 0. The average Bonchev–Trinajstić information content (AvgIpc) is 3.31. The largest absolute Gasteiger partial charge is 0.495 e. The molecule has 1 aliphatic carbocycles. The predicted molar refractivity (Wildman–Crippen MR) is 141 cm³/mol. The molecule has 2 heterocycles. The molecule has 0 saturated carbocycles. The third-order valence-electron chi connectivity index (χ3n) is 7.05. The Labute approximate surface area is 232 Å². The normalized spacial score (nSPS) is 19.0. The monoisotopic (exact) mass is 573 g/mol. The first-order valence-corrected chi connectivity index (χ1v) is 12.9. The second-order valence-corrected chi connectivity index (χ2v) is 9.91. The Morgan fingerprint density at radius 3 is 2.68 bits per heavy atom. The van der Waals surface area contributed by atoms with Gasteiger partial charge in [0, 0.05) is 31.3 Å². The number of likely N-dealkylation sites (tertiary alicyclic amines) is 1. The van der Waals surface area contributed by atoms with Crippen molar-refractivity contribution in [3.05, 3.63) is 64.8 Å². The van der Waals surface area contributed by atoms with E-state index in [0.717, 1.165) is 0 Å². The van der Waals surface area contributed by atoms with Crippen molar-refractivity contribution in [1.82, 2.24) is 20.2 Å². The lowest BCUT2D eigenvalue weighted by molar-refractivity contribution is -0.139. The number of anilines is 2. The van der Waals surface area contributed by atoms with Crippen LogP contribution >= 0.6 is 0 Å². The molecule has 1 saturated heterocycles. The predicted octanol–water partition coefficient (Wildman–Crippen LogP) is 4.94. The Morgan fingerprint density at radius 1 is 1.15 bits per heavy atom. The summed E-state index contributed by atoms with van der Waals surface area (Å²) in [4.78, 5) is 34.7. The Bertz CT molecular complexity index is 1480. The van der Waals surface area contributed by atoms with E-state index in [1.807, 2.05) is 11.9 Å². The zero-order chi connectivity index (χ0) is 29.3. The number of halogens is 4. The molecule has 41 heavy (non-hydrogen) atoms. The van der Waals surface area contributed by atoms with Crippen LogP contribution in [0, 0.1) is 0 Å². The molecule has 9 nitrogen and oxygen atoms in total. The number of benzene rings is 2. The summed E-state index contributed by atoms with van der Waals surface area (Å²) in [7, 11) is 3.16. The molecule has 0 spiro atoms. The Balaban J connectivity index is 1.39. The molecule has 0 unspecified atom stereocenters. The number of nitrogens with one attached hydrogen (secondary N) is 2. The van der Waals surface area contributed by atoms with Gasteiger partial charge < -0.3 is 25.0 Å². The number of aromatic nitrogens is 2. The average molecular weight is 574 g/mol. The molecule has 13 heteroatoms. The second kappa shape index (κ2) is 11.3. The number of amides is 1. The Morgan fingerprint density at radius 2 is 1.95 bits per heavy atom. The van der Waals surface area contributed by atoms with E-state index in [2.05, 4.69) is 20.6 Å². The summed E-state index contributed by atoms with van der Waals surface area (Å²) in [5, 5.41) is 5.50. The van der Waals surface area contributed by atoms with Crippen LogP contribution in [0.4, 0.5) is 29.2 Å². The van der Waals surface area contributed by atoms with Crippen LogP contribution in [0.5, 0.6) is 17.4 Å². The molecule has 2 atom stereocenters. The van der Waals surface area contributed by atoms with Crippen LogP contribution in [0.1, 0.15) is 44.7 Å². The molecular formula is C28H27F4N5O4. The molecule has 0 radical (unpaired) electrons. The summed E-state index contributed by atoms with van der Waals surface area (Å²) < 4.78 is 66.7. The summed E-state index contributed by atoms with van der Waals surface area (Å²) in [6.07, 6.45) is -4.25. The third-order valence-corrected chi connectivity index (χ3v) is 7.05. The van der Waals surface area contributed by atoms with Gasteiger partial charge in [-0.15, -0.1) is 0 Å². The first-order valence-electron chi connectivity index (χ1n) is 12.9. The second-order valence-electron chi connectivity index (χ2n) is 9.91. The molecule has 1 aromatic heterocycles. The van der Waals surface area contributed by atoms with Gasteiger partial charge in [0.25, 0.3) is 5.91 Å². The number of alkyl halides is 4. The number of nitrogens with zero attached hydrogens (tertiary/aromatic N) is 3. The zero-order valence-electron chi connectivity index (χ0n) is 22.2. The minimum absolute atomic E-state index is 0.0202. The molecule has 2 aliphatic rings. The molecule has 2 aromatic carbocycles. The standard InChI is InChI=1S/C28H27F4N5O4/c1-37-11-10-19(18(29)14-37)34-25(39)16-6-8-20(23(12-16)40-2)35-27-33-13-17(28(30,31)32)26(36-27)41-22-5-3-4-15-7-9-21(38)24(15)22/h3-6,8,12-13,18-19H,7,9-11,14H2,1-2H3,(H,34,39)(H,33,35,36)/t18-,19+/m1/s1. The summed E-state index contributed by atoms with van der Waals surface area (Å²) in [5.74, 6) is -1.57. The highest BCUT2D eigenvalue weighted by Gasteiger charge is 2.37. The Kier molecular flexibility index (Phi) is 7.80. The molecule has 2 N–H and O–H groups in total. The van der Waals surface area contributed by atoms with E-state index < -0.39 is 35.7 Å². The Hall–Kier alpha value is -4.26. The molecular weight excluding hydrogens is 546 g/mol. The lowest BCUT2D eigenvalue weighted by Gasteiger charge is -2.32. The molecule has 216 valence electrons. The smallest absolute Gasteiger partial charge is 0.423 e. The van der Waals surface area contributed by atoms with Gasteiger partial charge in [-0.3, -0.25) is 9.59 Å². The van der Waals surface area contributed by atoms with Crippen molar-refractivity contribution in [2.24, 2.45) is 0 Å². The number of Topliss-reactive ketones (excluding diaryl/α,β-unsaturated/α-hetero) is 1. The van der Waals surface area contributed by atoms with E-state index in [4.69, 9.17) is 9.47 Å². The molecule has 3 aromatic rings. The van der Waals surface area contributed by atoms with Crippen molar-refractivity contribution in [2.45, 2.75) is 37.7 Å². The van der Waals surface area contributed by atoms with Crippen LogP contribution in [0.3, 0.4) is 0 Å². The maximum absolute atomic E-state index is 14.4. The summed E-state index contributed by atoms with van der Waals surface area (Å²) in [5.41, 5.74) is 0.181. The number of hydrogen-bond acceptors (Lipinski definition) is 8. The fourth-order valence-corrected chi connectivity index (χ4v) is 4.89. The number of piperidine rings is 1. The van der Waals surface area contributed by atoms with Crippen LogP contribution in [0.15, 0.2) is 42.6 Å². The summed E-state index contributed by atoms with van der Waals surface area (Å²) in [6, 6.07) is 8.47.